The van der Waals surface area contributed by atoms with Gasteiger partial charge in [-0.25, -0.2) is 0 Å². The van der Waals surface area contributed by atoms with Crippen molar-refractivity contribution in [3.05, 3.63) is 59.7 Å². The van der Waals surface area contributed by atoms with Gasteiger partial charge in [0.1, 0.15) is 18.1 Å². The predicted octanol–water partition coefficient (Wildman–Crippen LogP) is 3.46. The van der Waals surface area contributed by atoms with E-state index in [9.17, 15) is 5.11 Å². The molecule has 0 unspecified atom stereocenters. The summed E-state index contributed by atoms with van der Waals surface area (Å²) in [6, 6.07) is 15.6. The number of nitrogens with zero attached hydrogens (tertiary/aromatic N) is 1. The summed E-state index contributed by atoms with van der Waals surface area (Å²) in [6.07, 6.45) is 3.47. The normalized spacial score (nSPS) is 15.1. The number of likely N-dealkylation sites (tertiary alicyclic amines) is 1. The summed E-state index contributed by atoms with van der Waals surface area (Å²) in [7, 11) is 0. The molecule has 0 bridgehead atoms. The molecule has 1 aliphatic heterocycles. The highest BCUT2D eigenvalue weighted by Crippen LogP contribution is 2.18. The first-order valence-corrected chi connectivity index (χ1v) is 8.01. The highest BCUT2D eigenvalue weighted by molar-refractivity contribution is 5.34. The monoisotopic (exact) mass is 297 g/mol. The maximum atomic E-state index is 9.50. The fourth-order valence-electron chi connectivity index (χ4n) is 2.90. The Morgan fingerprint density at radius 2 is 1.73 bits per heavy atom. The van der Waals surface area contributed by atoms with Crippen LogP contribution in [0.25, 0.3) is 0 Å². The molecular weight excluding hydrogens is 274 g/mol. The van der Waals surface area contributed by atoms with Gasteiger partial charge in [0.2, 0.25) is 0 Å². The van der Waals surface area contributed by atoms with Crippen LogP contribution in [0.2, 0.25) is 0 Å². The molecule has 1 heterocycles. The van der Waals surface area contributed by atoms with Gasteiger partial charge < -0.3 is 9.84 Å². The van der Waals surface area contributed by atoms with E-state index in [1.807, 2.05) is 24.3 Å². The Labute approximate surface area is 132 Å². The highest BCUT2D eigenvalue weighted by Gasteiger charge is 2.10. The number of phenols is 1. The molecule has 3 heteroatoms. The number of hydrogen-bond donors (Lipinski definition) is 1. The minimum atomic E-state index is 0.319. The molecule has 0 aromatic heterocycles. The van der Waals surface area contributed by atoms with Gasteiger partial charge >= 0.3 is 0 Å². The molecule has 0 spiro atoms. The van der Waals surface area contributed by atoms with E-state index in [0.717, 1.165) is 30.9 Å². The van der Waals surface area contributed by atoms with Gasteiger partial charge in [0.05, 0.1) is 0 Å². The summed E-state index contributed by atoms with van der Waals surface area (Å²) in [5.74, 6) is 1.25. The van der Waals surface area contributed by atoms with Crippen LogP contribution in [0.1, 0.15) is 24.0 Å². The molecule has 1 N–H and O–H groups in total. The van der Waals surface area contributed by atoms with E-state index < -0.39 is 0 Å². The second-order valence-electron chi connectivity index (χ2n) is 5.89. The second kappa shape index (κ2) is 7.32. The smallest absolute Gasteiger partial charge is 0.119 e. The van der Waals surface area contributed by atoms with Crippen LogP contribution in [-0.4, -0.2) is 36.2 Å². The summed E-state index contributed by atoms with van der Waals surface area (Å²) < 4.78 is 5.81. The molecule has 1 saturated heterocycles. The van der Waals surface area contributed by atoms with Gasteiger partial charge in [-0.1, -0.05) is 24.3 Å². The number of rotatable bonds is 6. The van der Waals surface area contributed by atoms with Crippen LogP contribution in [0.3, 0.4) is 0 Å². The SMILES string of the molecule is Oc1cccc(Cc2ccc(OCCN3CCCC3)cc2)c1. The Morgan fingerprint density at radius 1 is 0.955 bits per heavy atom. The van der Waals surface area contributed by atoms with E-state index >= 15 is 0 Å². The number of phenolic OH excluding ortho intramolecular Hbond substituents is 1. The Bertz CT molecular complexity index is 589. The van der Waals surface area contributed by atoms with Crippen LogP contribution >= 0.6 is 0 Å². The first-order chi connectivity index (χ1) is 10.8. The summed E-state index contributed by atoms with van der Waals surface area (Å²) in [4.78, 5) is 2.45. The van der Waals surface area contributed by atoms with Crippen LogP contribution in [0.5, 0.6) is 11.5 Å². The van der Waals surface area contributed by atoms with Crippen LogP contribution in [-0.2, 0) is 6.42 Å². The minimum Gasteiger partial charge on any atom is -0.508 e. The molecule has 116 valence electrons. The standard InChI is InChI=1S/C19H23NO2/c21-18-5-3-4-17(15-18)14-16-6-8-19(9-7-16)22-13-12-20-10-1-2-11-20/h3-9,15,21H,1-2,10-14H2. The molecule has 0 saturated carbocycles. The Kier molecular flexibility index (Phi) is 4.96. The molecule has 0 amide bonds. The van der Waals surface area contributed by atoms with Crippen LogP contribution in [0.4, 0.5) is 0 Å². The van der Waals surface area contributed by atoms with E-state index in [4.69, 9.17) is 4.74 Å². The molecular formula is C19H23NO2. The van der Waals surface area contributed by atoms with Gasteiger partial charge in [-0.05, 0) is 67.7 Å². The zero-order valence-electron chi connectivity index (χ0n) is 12.9. The molecule has 22 heavy (non-hydrogen) atoms. The fraction of sp³-hybridized carbons (Fsp3) is 0.368. The molecule has 0 atom stereocenters. The zero-order chi connectivity index (χ0) is 15.2. The van der Waals surface area contributed by atoms with Crippen molar-refractivity contribution in [1.82, 2.24) is 4.90 Å². The Morgan fingerprint density at radius 3 is 2.45 bits per heavy atom. The largest absolute Gasteiger partial charge is 0.508 e. The summed E-state index contributed by atoms with van der Waals surface area (Å²) >= 11 is 0. The lowest BCUT2D eigenvalue weighted by atomic mass is 10.0. The fourth-order valence-corrected chi connectivity index (χ4v) is 2.90. The van der Waals surface area contributed by atoms with E-state index in [1.165, 1.54) is 31.5 Å². The molecule has 3 rings (SSSR count). The lowest BCUT2D eigenvalue weighted by Gasteiger charge is -2.15. The van der Waals surface area contributed by atoms with Crippen molar-refractivity contribution in [3.8, 4) is 11.5 Å². The number of aromatic hydroxyl groups is 1. The molecule has 0 radical (unpaired) electrons. The molecule has 2 aromatic rings. The lowest BCUT2D eigenvalue weighted by Crippen LogP contribution is -2.25. The van der Waals surface area contributed by atoms with Crippen molar-refractivity contribution in [2.24, 2.45) is 0 Å². The first kappa shape index (κ1) is 14.9. The summed E-state index contributed by atoms with van der Waals surface area (Å²) in [6.45, 7) is 4.20. The van der Waals surface area contributed by atoms with Gasteiger partial charge in [0.25, 0.3) is 0 Å². The topological polar surface area (TPSA) is 32.7 Å². The molecule has 2 aromatic carbocycles. The van der Waals surface area contributed by atoms with Gasteiger partial charge in [-0.3, -0.25) is 4.90 Å². The molecule has 1 aliphatic rings. The molecule has 0 aliphatic carbocycles. The quantitative estimate of drug-likeness (QED) is 0.886. The Balaban J connectivity index is 1.49. The van der Waals surface area contributed by atoms with Crippen LogP contribution in [0.15, 0.2) is 48.5 Å². The van der Waals surface area contributed by atoms with Crippen molar-refractivity contribution in [1.29, 1.82) is 0 Å². The van der Waals surface area contributed by atoms with E-state index in [1.54, 1.807) is 12.1 Å². The van der Waals surface area contributed by atoms with E-state index in [-0.39, 0.29) is 0 Å². The lowest BCUT2D eigenvalue weighted by molar-refractivity contribution is 0.238. The summed E-state index contributed by atoms with van der Waals surface area (Å²) in [5, 5.41) is 9.50. The summed E-state index contributed by atoms with van der Waals surface area (Å²) in [5.41, 5.74) is 2.33. The van der Waals surface area contributed by atoms with Crippen molar-refractivity contribution < 1.29 is 9.84 Å². The average Bonchev–Trinajstić information content (AvgIpc) is 3.02. The predicted molar refractivity (Wildman–Crippen MR) is 88.5 cm³/mol. The van der Waals surface area contributed by atoms with Gasteiger partial charge in [-0.15, -0.1) is 0 Å². The van der Waals surface area contributed by atoms with E-state index in [2.05, 4.69) is 17.0 Å². The second-order valence-corrected chi connectivity index (χ2v) is 5.89. The number of hydrogen-bond acceptors (Lipinski definition) is 3. The van der Waals surface area contributed by atoms with Crippen molar-refractivity contribution in [3.63, 3.8) is 0 Å². The minimum absolute atomic E-state index is 0.319. The van der Waals surface area contributed by atoms with Gasteiger partial charge in [0.15, 0.2) is 0 Å². The van der Waals surface area contributed by atoms with Crippen molar-refractivity contribution in [2.75, 3.05) is 26.2 Å². The first-order valence-electron chi connectivity index (χ1n) is 8.01. The molecule has 3 nitrogen and oxygen atoms in total. The number of ether oxygens (including phenoxy) is 1. The van der Waals surface area contributed by atoms with Crippen LogP contribution < -0.4 is 4.74 Å². The third-order valence-corrected chi connectivity index (χ3v) is 4.12. The highest BCUT2D eigenvalue weighted by atomic mass is 16.5. The van der Waals surface area contributed by atoms with Crippen LogP contribution in [0, 0.1) is 0 Å². The maximum Gasteiger partial charge on any atom is 0.119 e. The number of benzene rings is 2. The van der Waals surface area contributed by atoms with Gasteiger partial charge in [-0.2, -0.15) is 0 Å². The zero-order valence-corrected chi connectivity index (χ0v) is 12.9. The van der Waals surface area contributed by atoms with Gasteiger partial charge in [0, 0.05) is 6.54 Å². The van der Waals surface area contributed by atoms with E-state index in [0.29, 0.717) is 5.75 Å². The third-order valence-electron chi connectivity index (χ3n) is 4.12. The Hall–Kier alpha value is -2.00. The third kappa shape index (κ3) is 4.25. The molecule has 1 fully saturated rings. The average molecular weight is 297 g/mol. The van der Waals surface area contributed by atoms with Crippen molar-refractivity contribution in [2.45, 2.75) is 19.3 Å². The maximum absolute atomic E-state index is 9.50. The van der Waals surface area contributed by atoms with Crippen molar-refractivity contribution >= 4 is 0 Å².